The van der Waals surface area contributed by atoms with E-state index in [1.54, 1.807) is 13.0 Å². The van der Waals surface area contributed by atoms with Crippen LogP contribution in [0.1, 0.15) is 15.9 Å². The lowest BCUT2D eigenvalue weighted by atomic mass is 10.0. The molecule has 0 spiro atoms. The van der Waals surface area contributed by atoms with Crippen molar-refractivity contribution in [3.05, 3.63) is 39.4 Å². The molecule has 0 aliphatic carbocycles. The van der Waals surface area contributed by atoms with Gasteiger partial charge in [-0.25, -0.2) is 0 Å². The fourth-order valence-corrected chi connectivity index (χ4v) is 3.19. The van der Waals surface area contributed by atoms with E-state index in [0.717, 1.165) is 26.2 Å². The molecule has 2 atom stereocenters. The highest BCUT2D eigenvalue weighted by Gasteiger charge is 2.38. The molecule has 2 saturated heterocycles. The Hall–Kier alpha value is -1.95. The van der Waals surface area contributed by atoms with Gasteiger partial charge >= 0.3 is 0 Å². The van der Waals surface area contributed by atoms with Crippen LogP contribution >= 0.6 is 0 Å². The second kappa shape index (κ2) is 4.86. The number of non-ortho nitro benzene ring substituents is 1. The highest BCUT2D eigenvalue weighted by molar-refractivity contribution is 5.96. The predicted molar refractivity (Wildman–Crippen MR) is 73.6 cm³/mol. The van der Waals surface area contributed by atoms with Crippen molar-refractivity contribution in [2.24, 2.45) is 11.8 Å². The summed E-state index contributed by atoms with van der Waals surface area (Å²) in [5, 5.41) is 14.1. The fourth-order valence-electron chi connectivity index (χ4n) is 3.19. The van der Waals surface area contributed by atoms with E-state index in [4.69, 9.17) is 0 Å². The van der Waals surface area contributed by atoms with Crippen LogP contribution < -0.4 is 5.32 Å². The van der Waals surface area contributed by atoms with Crippen LogP contribution in [-0.4, -0.2) is 41.9 Å². The Labute approximate surface area is 116 Å². The Kier molecular flexibility index (Phi) is 3.17. The number of nitro groups is 1. The minimum absolute atomic E-state index is 0.00759. The van der Waals surface area contributed by atoms with Gasteiger partial charge in [-0.1, -0.05) is 0 Å². The quantitative estimate of drug-likeness (QED) is 0.650. The van der Waals surface area contributed by atoms with Crippen LogP contribution in [0.4, 0.5) is 5.69 Å². The number of carbonyl (C=O) groups is 1. The zero-order valence-corrected chi connectivity index (χ0v) is 11.3. The topological polar surface area (TPSA) is 75.5 Å². The summed E-state index contributed by atoms with van der Waals surface area (Å²) >= 11 is 0. The molecule has 2 aliphatic heterocycles. The van der Waals surface area contributed by atoms with Gasteiger partial charge in [0, 0.05) is 43.9 Å². The van der Waals surface area contributed by atoms with E-state index >= 15 is 0 Å². The van der Waals surface area contributed by atoms with E-state index in [-0.39, 0.29) is 11.6 Å². The summed E-state index contributed by atoms with van der Waals surface area (Å²) in [6, 6.07) is 4.44. The summed E-state index contributed by atoms with van der Waals surface area (Å²) in [5.74, 6) is 1.10. The molecular weight excluding hydrogens is 258 g/mol. The van der Waals surface area contributed by atoms with Gasteiger partial charge in [0.2, 0.25) is 0 Å². The first-order valence-corrected chi connectivity index (χ1v) is 6.81. The smallest absolute Gasteiger partial charge is 0.269 e. The molecule has 2 fully saturated rings. The summed E-state index contributed by atoms with van der Waals surface area (Å²) in [4.78, 5) is 24.7. The van der Waals surface area contributed by atoms with Crippen LogP contribution in [0.15, 0.2) is 18.2 Å². The third-order valence-electron chi connectivity index (χ3n) is 4.33. The minimum atomic E-state index is -0.437. The monoisotopic (exact) mass is 275 g/mol. The number of benzene rings is 1. The van der Waals surface area contributed by atoms with Crippen molar-refractivity contribution < 1.29 is 9.72 Å². The number of fused-ring (bicyclic) bond motifs is 1. The van der Waals surface area contributed by atoms with Crippen molar-refractivity contribution in [1.29, 1.82) is 0 Å². The normalized spacial score (nSPS) is 24.8. The second-order valence-electron chi connectivity index (χ2n) is 5.64. The number of carbonyl (C=O) groups excluding carboxylic acids is 1. The lowest BCUT2D eigenvalue weighted by molar-refractivity contribution is -0.384. The van der Waals surface area contributed by atoms with Crippen molar-refractivity contribution in [3.63, 3.8) is 0 Å². The maximum Gasteiger partial charge on any atom is 0.269 e. The van der Waals surface area contributed by atoms with Crippen molar-refractivity contribution >= 4 is 11.6 Å². The molecule has 2 heterocycles. The second-order valence-corrected chi connectivity index (χ2v) is 5.64. The molecule has 1 aromatic carbocycles. The van der Waals surface area contributed by atoms with Crippen LogP contribution in [0, 0.1) is 28.9 Å². The zero-order chi connectivity index (χ0) is 14.3. The Bertz CT molecular complexity index is 561. The molecule has 0 saturated carbocycles. The third kappa shape index (κ3) is 2.16. The van der Waals surface area contributed by atoms with Gasteiger partial charge < -0.3 is 10.2 Å². The molecule has 6 nitrogen and oxygen atoms in total. The van der Waals surface area contributed by atoms with E-state index in [1.807, 2.05) is 4.90 Å². The summed E-state index contributed by atoms with van der Waals surface area (Å²) in [6.45, 7) is 5.28. The molecule has 20 heavy (non-hydrogen) atoms. The first-order chi connectivity index (χ1) is 9.56. The van der Waals surface area contributed by atoms with Crippen LogP contribution in [0.3, 0.4) is 0 Å². The van der Waals surface area contributed by atoms with Gasteiger partial charge in [-0.3, -0.25) is 14.9 Å². The van der Waals surface area contributed by atoms with Crippen molar-refractivity contribution in [1.82, 2.24) is 10.2 Å². The Balaban J connectivity index is 1.79. The summed E-state index contributed by atoms with van der Waals surface area (Å²) in [5.41, 5.74) is 1.27. The van der Waals surface area contributed by atoms with E-state index in [0.29, 0.717) is 23.0 Å². The summed E-state index contributed by atoms with van der Waals surface area (Å²) < 4.78 is 0. The number of aryl methyl sites for hydroxylation is 1. The van der Waals surface area contributed by atoms with Gasteiger partial charge in [-0.05, 0) is 30.4 Å². The van der Waals surface area contributed by atoms with E-state index in [1.165, 1.54) is 12.1 Å². The Morgan fingerprint density at radius 3 is 2.55 bits per heavy atom. The number of rotatable bonds is 2. The van der Waals surface area contributed by atoms with Crippen LogP contribution in [0.2, 0.25) is 0 Å². The molecule has 1 amide bonds. The van der Waals surface area contributed by atoms with E-state index in [2.05, 4.69) is 5.32 Å². The lowest BCUT2D eigenvalue weighted by Crippen LogP contribution is -2.32. The molecule has 1 N–H and O–H groups in total. The van der Waals surface area contributed by atoms with Crippen LogP contribution in [0.25, 0.3) is 0 Å². The molecule has 0 bridgehead atoms. The van der Waals surface area contributed by atoms with Gasteiger partial charge in [-0.15, -0.1) is 0 Å². The average molecular weight is 275 g/mol. The highest BCUT2D eigenvalue weighted by Crippen LogP contribution is 2.28. The molecule has 0 aromatic heterocycles. The third-order valence-corrected chi connectivity index (χ3v) is 4.33. The molecule has 6 heteroatoms. The van der Waals surface area contributed by atoms with Crippen molar-refractivity contribution in [2.45, 2.75) is 6.92 Å². The van der Waals surface area contributed by atoms with Crippen molar-refractivity contribution in [2.75, 3.05) is 26.2 Å². The number of nitrogens with one attached hydrogen (secondary N) is 1. The number of hydrogen-bond acceptors (Lipinski definition) is 4. The van der Waals surface area contributed by atoms with Gasteiger partial charge in [0.1, 0.15) is 0 Å². The number of likely N-dealkylation sites (tertiary alicyclic amines) is 1. The summed E-state index contributed by atoms with van der Waals surface area (Å²) in [6.07, 6.45) is 0. The Morgan fingerprint density at radius 1 is 1.35 bits per heavy atom. The van der Waals surface area contributed by atoms with Crippen molar-refractivity contribution in [3.8, 4) is 0 Å². The zero-order valence-electron chi connectivity index (χ0n) is 11.3. The molecule has 0 radical (unpaired) electrons. The summed E-state index contributed by atoms with van der Waals surface area (Å²) in [7, 11) is 0. The van der Waals surface area contributed by atoms with Gasteiger partial charge in [0.05, 0.1) is 4.92 Å². The largest absolute Gasteiger partial charge is 0.338 e. The number of hydrogen-bond donors (Lipinski definition) is 1. The molecule has 0 unspecified atom stereocenters. The fraction of sp³-hybridized carbons (Fsp3) is 0.500. The van der Waals surface area contributed by atoms with E-state index in [9.17, 15) is 14.9 Å². The first-order valence-electron chi connectivity index (χ1n) is 6.81. The molecule has 106 valence electrons. The molecule has 1 aromatic rings. The minimum Gasteiger partial charge on any atom is -0.338 e. The van der Waals surface area contributed by atoms with Gasteiger partial charge in [0.15, 0.2) is 0 Å². The SMILES string of the molecule is Cc1cc([N+](=O)[O-])ccc1C(=O)N1C[C@H]2CNC[C@H]2C1. The predicted octanol–water partition coefficient (Wildman–Crippen LogP) is 1.19. The maximum atomic E-state index is 12.5. The van der Waals surface area contributed by atoms with Gasteiger partial charge in [-0.2, -0.15) is 0 Å². The van der Waals surface area contributed by atoms with Crippen LogP contribution in [-0.2, 0) is 0 Å². The highest BCUT2D eigenvalue weighted by atomic mass is 16.6. The Morgan fingerprint density at radius 2 is 2.00 bits per heavy atom. The molecular formula is C14H17N3O3. The number of amides is 1. The maximum absolute atomic E-state index is 12.5. The van der Waals surface area contributed by atoms with Gasteiger partial charge in [0.25, 0.3) is 11.6 Å². The molecule has 2 aliphatic rings. The average Bonchev–Trinajstić information content (AvgIpc) is 2.98. The van der Waals surface area contributed by atoms with Crippen LogP contribution in [0.5, 0.6) is 0 Å². The first kappa shape index (κ1) is 13.1. The molecule has 3 rings (SSSR count). The standard InChI is InChI=1S/C14H17N3O3/c1-9-4-12(17(19)20)2-3-13(9)14(18)16-7-10-5-15-6-11(10)8-16/h2-4,10-11,15H,5-8H2,1H3/t10-,11+. The lowest BCUT2D eigenvalue weighted by Gasteiger charge is -2.18. The number of nitrogens with zero attached hydrogens (tertiary/aromatic N) is 2. The number of nitro benzene ring substituents is 1. The van der Waals surface area contributed by atoms with E-state index < -0.39 is 4.92 Å².